The molecule has 0 unspecified atom stereocenters. The van der Waals surface area contributed by atoms with Crippen LogP contribution in [-0.2, 0) is 6.61 Å². The van der Waals surface area contributed by atoms with Gasteiger partial charge in [-0.3, -0.25) is 0 Å². The SMILES string of the molecule is COc1cc(C)c(CO)c(C(F)F)n1. The van der Waals surface area contributed by atoms with Crippen molar-refractivity contribution in [3.8, 4) is 5.88 Å². The van der Waals surface area contributed by atoms with Gasteiger partial charge < -0.3 is 9.84 Å². The Hall–Kier alpha value is -1.23. The van der Waals surface area contributed by atoms with E-state index >= 15 is 0 Å². The first-order valence-corrected chi connectivity index (χ1v) is 4.03. The second kappa shape index (κ2) is 4.32. The van der Waals surface area contributed by atoms with Gasteiger partial charge in [0.2, 0.25) is 5.88 Å². The van der Waals surface area contributed by atoms with Crippen LogP contribution in [0.1, 0.15) is 23.2 Å². The van der Waals surface area contributed by atoms with Crippen LogP contribution in [0.25, 0.3) is 0 Å². The van der Waals surface area contributed by atoms with Crippen molar-refractivity contribution in [3.63, 3.8) is 0 Å². The Kier molecular flexibility index (Phi) is 3.35. The van der Waals surface area contributed by atoms with E-state index in [-0.39, 0.29) is 11.4 Å². The number of halogens is 2. The summed E-state index contributed by atoms with van der Waals surface area (Å²) in [5, 5.41) is 8.90. The molecule has 0 bridgehead atoms. The highest BCUT2D eigenvalue weighted by Gasteiger charge is 2.17. The molecule has 1 aromatic heterocycles. The first-order valence-electron chi connectivity index (χ1n) is 4.03. The van der Waals surface area contributed by atoms with Crippen LogP contribution in [0.2, 0.25) is 0 Å². The van der Waals surface area contributed by atoms with Gasteiger partial charge in [-0.2, -0.15) is 0 Å². The van der Waals surface area contributed by atoms with Gasteiger partial charge in [0.05, 0.1) is 13.7 Å². The fourth-order valence-corrected chi connectivity index (χ4v) is 1.18. The molecule has 0 fully saturated rings. The zero-order valence-corrected chi connectivity index (χ0v) is 7.92. The lowest BCUT2D eigenvalue weighted by Crippen LogP contribution is -2.03. The molecule has 1 rings (SSSR count). The molecule has 5 heteroatoms. The first-order chi connectivity index (χ1) is 6.60. The minimum Gasteiger partial charge on any atom is -0.481 e. The normalized spacial score (nSPS) is 10.7. The standard InChI is InChI=1S/C9H11F2NO2/c1-5-3-7(14-2)12-8(9(10)11)6(5)4-13/h3,9,13H,4H2,1-2H3. The highest BCUT2D eigenvalue weighted by molar-refractivity contribution is 5.34. The molecule has 1 aromatic rings. The summed E-state index contributed by atoms with van der Waals surface area (Å²) in [7, 11) is 1.36. The summed E-state index contributed by atoms with van der Waals surface area (Å²) in [6, 6.07) is 1.51. The van der Waals surface area contributed by atoms with E-state index in [9.17, 15) is 8.78 Å². The minimum absolute atomic E-state index is 0.134. The van der Waals surface area contributed by atoms with E-state index in [1.807, 2.05) is 0 Å². The molecule has 0 spiro atoms. The number of ether oxygens (including phenoxy) is 1. The van der Waals surface area contributed by atoms with Crippen molar-refractivity contribution in [2.24, 2.45) is 0 Å². The third-order valence-electron chi connectivity index (χ3n) is 1.93. The molecule has 0 saturated carbocycles. The van der Waals surface area contributed by atoms with Gasteiger partial charge in [0.1, 0.15) is 5.69 Å². The number of hydrogen-bond acceptors (Lipinski definition) is 3. The van der Waals surface area contributed by atoms with Gasteiger partial charge in [-0.15, -0.1) is 0 Å². The molecule has 0 saturated heterocycles. The first kappa shape index (κ1) is 10.8. The fourth-order valence-electron chi connectivity index (χ4n) is 1.18. The molecule has 0 aliphatic carbocycles. The summed E-state index contributed by atoms with van der Waals surface area (Å²) in [6.45, 7) is 1.18. The van der Waals surface area contributed by atoms with Gasteiger partial charge in [-0.05, 0) is 12.5 Å². The maximum Gasteiger partial charge on any atom is 0.280 e. The Bertz CT molecular complexity index is 329. The smallest absolute Gasteiger partial charge is 0.280 e. The summed E-state index contributed by atoms with van der Waals surface area (Å²) < 4.78 is 29.7. The predicted octanol–water partition coefficient (Wildman–Crippen LogP) is 1.83. The summed E-state index contributed by atoms with van der Waals surface area (Å²) in [5.41, 5.74) is 0.305. The maximum atomic E-state index is 12.5. The average Bonchev–Trinajstić information content (AvgIpc) is 2.16. The zero-order valence-electron chi connectivity index (χ0n) is 7.92. The minimum atomic E-state index is -2.70. The van der Waals surface area contributed by atoms with Crippen LogP contribution in [0.3, 0.4) is 0 Å². The van der Waals surface area contributed by atoms with Crippen LogP contribution < -0.4 is 4.74 Å². The van der Waals surface area contributed by atoms with E-state index in [0.717, 1.165) is 0 Å². The number of aromatic nitrogens is 1. The van der Waals surface area contributed by atoms with E-state index in [1.54, 1.807) is 6.92 Å². The number of alkyl halides is 2. The lowest BCUT2D eigenvalue weighted by molar-refractivity contribution is 0.140. The van der Waals surface area contributed by atoms with E-state index in [0.29, 0.717) is 5.56 Å². The average molecular weight is 203 g/mol. The number of methoxy groups -OCH3 is 1. The van der Waals surface area contributed by atoms with Crippen LogP contribution in [0.15, 0.2) is 6.07 Å². The molecule has 0 aliphatic rings. The fraction of sp³-hybridized carbons (Fsp3) is 0.444. The third-order valence-corrected chi connectivity index (χ3v) is 1.93. The van der Waals surface area contributed by atoms with E-state index in [4.69, 9.17) is 9.84 Å². The van der Waals surface area contributed by atoms with Crippen LogP contribution in [0, 0.1) is 6.92 Å². The summed E-state index contributed by atoms with van der Waals surface area (Å²) in [5.74, 6) is 0.134. The van der Waals surface area contributed by atoms with Crippen molar-refractivity contribution in [2.45, 2.75) is 20.0 Å². The van der Waals surface area contributed by atoms with Gasteiger partial charge in [0.15, 0.2) is 0 Å². The number of nitrogens with zero attached hydrogens (tertiary/aromatic N) is 1. The molecular weight excluding hydrogens is 192 g/mol. The van der Waals surface area contributed by atoms with Crippen molar-refractivity contribution in [1.29, 1.82) is 0 Å². The number of rotatable bonds is 3. The summed E-state index contributed by atoms with van der Waals surface area (Å²) >= 11 is 0. The van der Waals surface area contributed by atoms with Gasteiger partial charge in [-0.25, -0.2) is 13.8 Å². The molecule has 0 aliphatic heterocycles. The maximum absolute atomic E-state index is 12.5. The Balaban J connectivity index is 3.28. The monoisotopic (exact) mass is 203 g/mol. The van der Waals surface area contributed by atoms with E-state index in [1.165, 1.54) is 13.2 Å². The molecule has 3 nitrogen and oxygen atoms in total. The van der Waals surface area contributed by atoms with Crippen molar-refractivity contribution >= 4 is 0 Å². The van der Waals surface area contributed by atoms with Gasteiger partial charge in [0, 0.05) is 11.6 Å². The van der Waals surface area contributed by atoms with Gasteiger partial charge in [0.25, 0.3) is 6.43 Å². The lowest BCUT2D eigenvalue weighted by Gasteiger charge is -2.10. The van der Waals surface area contributed by atoms with Gasteiger partial charge >= 0.3 is 0 Å². The number of aliphatic hydroxyl groups is 1. The van der Waals surface area contributed by atoms with Crippen molar-refractivity contribution in [1.82, 2.24) is 4.98 Å². The molecule has 0 aromatic carbocycles. The molecule has 1 N–H and O–H groups in total. The van der Waals surface area contributed by atoms with E-state index in [2.05, 4.69) is 4.98 Å². The molecule has 0 atom stereocenters. The second-order valence-electron chi connectivity index (χ2n) is 2.80. The third kappa shape index (κ3) is 1.98. The number of aryl methyl sites for hydroxylation is 1. The Morgan fingerprint density at radius 1 is 1.57 bits per heavy atom. The molecule has 1 heterocycles. The summed E-state index contributed by atoms with van der Waals surface area (Å²) in [6.07, 6.45) is -2.70. The zero-order chi connectivity index (χ0) is 10.7. The van der Waals surface area contributed by atoms with Crippen molar-refractivity contribution in [3.05, 3.63) is 22.9 Å². The Labute approximate surface area is 80.3 Å². The van der Waals surface area contributed by atoms with Crippen LogP contribution in [-0.4, -0.2) is 17.2 Å². The largest absolute Gasteiger partial charge is 0.481 e. The number of hydrogen-bond donors (Lipinski definition) is 1. The topological polar surface area (TPSA) is 42.4 Å². The highest BCUT2D eigenvalue weighted by Crippen LogP contribution is 2.26. The summed E-state index contributed by atoms with van der Waals surface area (Å²) in [4.78, 5) is 3.59. The van der Waals surface area contributed by atoms with Crippen molar-refractivity contribution < 1.29 is 18.6 Å². The molecule has 0 radical (unpaired) electrons. The number of aliphatic hydroxyl groups excluding tert-OH is 1. The molecule has 14 heavy (non-hydrogen) atoms. The van der Waals surface area contributed by atoms with E-state index < -0.39 is 18.7 Å². The Morgan fingerprint density at radius 3 is 2.64 bits per heavy atom. The van der Waals surface area contributed by atoms with Gasteiger partial charge in [-0.1, -0.05) is 0 Å². The second-order valence-corrected chi connectivity index (χ2v) is 2.80. The molecule has 0 amide bonds. The molecule has 78 valence electrons. The Morgan fingerprint density at radius 2 is 2.21 bits per heavy atom. The highest BCUT2D eigenvalue weighted by atomic mass is 19.3. The quantitative estimate of drug-likeness (QED) is 0.814. The van der Waals surface area contributed by atoms with Crippen LogP contribution >= 0.6 is 0 Å². The number of pyridine rings is 1. The molecular formula is C9H11F2NO2. The van der Waals surface area contributed by atoms with Crippen LogP contribution in [0.5, 0.6) is 5.88 Å². The van der Waals surface area contributed by atoms with Crippen molar-refractivity contribution in [2.75, 3.05) is 7.11 Å². The van der Waals surface area contributed by atoms with Crippen LogP contribution in [0.4, 0.5) is 8.78 Å². The predicted molar refractivity (Wildman–Crippen MR) is 46.4 cm³/mol. The lowest BCUT2D eigenvalue weighted by atomic mass is 10.1.